The van der Waals surface area contributed by atoms with Crippen LogP contribution in [0.1, 0.15) is 63.3 Å². The number of halogens is 2. The Morgan fingerprint density at radius 2 is 1.82 bits per heavy atom. The second-order valence-corrected chi connectivity index (χ2v) is 12.8. The highest BCUT2D eigenvalue weighted by atomic mass is 35.5. The van der Waals surface area contributed by atoms with E-state index in [9.17, 15) is 4.79 Å². The highest BCUT2D eigenvalue weighted by molar-refractivity contribution is 8.00. The molecule has 6 heteroatoms. The molecule has 1 aliphatic heterocycles. The fraction of sp³-hybridized carbons (Fsp3) is 0.464. The average Bonchev–Trinajstić information content (AvgIpc) is 3.61. The number of rotatable bonds is 7. The molecule has 1 saturated heterocycles. The van der Waals surface area contributed by atoms with Crippen LogP contribution < -0.4 is 0 Å². The Balaban J connectivity index is 1.83. The number of thioether (sulfide) groups is 1. The van der Waals surface area contributed by atoms with Crippen LogP contribution in [0, 0.1) is 18.3 Å². The molecule has 0 unspecified atom stereocenters. The number of carbonyl (C=O) groups excluding carboxylic acids is 1. The molecule has 4 atom stereocenters. The third-order valence-corrected chi connectivity index (χ3v) is 8.19. The standard InChI is InChI=1S/C28H31Cl2NO2S/c1-5-7-24-27(32)31(23(18-10-11-18)17-34-28(2,3)4)25(19-12-14-21(29)15-13-19)26(33-24)20-8-6-9-22(30)16-20/h1,6,8-9,12-16,18,23-26H,7,10-11,17H2,2-4H3/t23-,24+,25-,26-/m1/s1. The summed E-state index contributed by atoms with van der Waals surface area (Å²) >= 11 is 14.5. The number of nitrogens with zero attached hydrogens (tertiary/aromatic N) is 1. The third-order valence-electron chi connectivity index (χ3n) is 6.33. The van der Waals surface area contributed by atoms with E-state index < -0.39 is 12.2 Å². The summed E-state index contributed by atoms with van der Waals surface area (Å²) in [5, 5.41) is 1.29. The molecule has 1 amide bonds. The van der Waals surface area contributed by atoms with Crippen molar-refractivity contribution in [1.82, 2.24) is 4.90 Å². The van der Waals surface area contributed by atoms with Gasteiger partial charge < -0.3 is 9.64 Å². The first-order valence-corrected chi connectivity index (χ1v) is 13.5. The smallest absolute Gasteiger partial charge is 0.253 e. The number of benzene rings is 2. The Kier molecular flexibility index (Phi) is 7.89. The molecular formula is C28H31Cl2NO2S. The molecule has 0 bridgehead atoms. The maximum absolute atomic E-state index is 14.0. The third kappa shape index (κ3) is 5.94. The first kappa shape index (κ1) is 25.5. The summed E-state index contributed by atoms with van der Waals surface area (Å²) in [4.78, 5) is 16.0. The maximum Gasteiger partial charge on any atom is 0.253 e. The van der Waals surface area contributed by atoms with Gasteiger partial charge in [0.05, 0.1) is 6.04 Å². The highest BCUT2D eigenvalue weighted by Gasteiger charge is 2.50. The van der Waals surface area contributed by atoms with Crippen molar-refractivity contribution in [2.45, 2.75) is 69.1 Å². The van der Waals surface area contributed by atoms with E-state index in [1.807, 2.05) is 60.3 Å². The fourth-order valence-electron chi connectivity index (χ4n) is 4.57. The van der Waals surface area contributed by atoms with E-state index in [2.05, 4.69) is 31.6 Å². The summed E-state index contributed by atoms with van der Waals surface area (Å²) < 4.78 is 6.57. The van der Waals surface area contributed by atoms with Gasteiger partial charge in [-0.25, -0.2) is 0 Å². The summed E-state index contributed by atoms with van der Waals surface area (Å²) in [5.41, 5.74) is 1.93. The Morgan fingerprint density at radius 3 is 2.41 bits per heavy atom. The molecule has 0 spiro atoms. The van der Waals surface area contributed by atoms with Gasteiger partial charge in [-0.15, -0.1) is 12.3 Å². The highest BCUT2D eigenvalue weighted by Crippen LogP contribution is 2.49. The molecular weight excluding hydrogens is 485 g/mol. The lowest BCUT2D eigenvalue weighted by molar-refractivity contribution is -0.178. The SMILES string of the molecule is C#CC[C@@H]1O[C@H](c2cccc(Cl)c2)[C@@H](c2ccc(Cl)cc2)N([C@H](CSC(C)(C)C)C2CC2)C1=O. The number of hydrogen-bond acceptors (Lipinski definition) is 3. The van der Waals surface area contributed by atoms with Gasteiger partial charge >= 0.3 is 0 Å². The predicted molar refractivity (Wildman–Crippen MR) is 142 cm³/mol. The fourth-order valence-corrected chi connectivity index (χ4v) is 6.00. The molecule has 0 aromatic heterocycles. The summed E-state index contributed by atoms with van der Waals surface area (Å²) in [7, 11) is 0. The largest absolute Gasteiger partial charge is 0.357 e. The molecule has 1 aliphatic carbocycles. The Bertz CT molecular complexity index is 1060. The minimum Gasteiger partial charge on any atom is -0.357 e. The van der Waals surface area contributed by atoms with E-state index >= 15 is 0 Å². The lowest BCUT2D eigenvalue weighted by Gasteiger charge is -2.48. The van der Waals surface area contributed by atoms with Crippen LogP contribution in [0.5, 0.6) is 0 Å². The second-order valence-electron chi connectivity index (χ2n) is 10.1. The van der Waals surface area contributed by atoms with Gasteiger partial charge in [0.2, 0.25) is 0 Å². The van der Waals surface area contributed by atoms with Gasteiger partial charge in [0, 0.05) is 33.0 Å². The van der Waals surface area contributed by atoms with Gasteiger partial charge in [0.15, 0.2) is 0 Å². The first-order valence-electron chi connectivity index (χ1n) is 11.7. The summed E-state index contributed by atoms with van der Waals surface area (Å²) in [5.74, 6) is 3.98. The minimum absolute atomic E-state index is 0.0254. The average molecular weight is 517 g/mol. The molecule has 2 aliphatic rings. The van der Waals surface area contributed by atoms with E-state index in [1.54, 1.807) is 0 Å². The van der Waals surface area contributed by atoms with Crippen LogP contribution in [-0.4, -0.2) is 33.5 Å². The van der Waals surface area contributed by atoms with Crippen molar-refractivity contribution in [3.63, 3.8) is 0 Å². The van der Waals surface area contributed by atoms with Crippen molar-refractivity contribution >= 4 is 40.9 Å². The minimum atomic E-state index is -0.682. The number of amides is 1. The van der Waals surface area contributed by atoms with Gasteiger partial charge in [0.1, 0.15) is 12.2 Å². The normalized spacial score (nSPS) is 24.1. The summed E-state index contributed by atoms with van der Waals surface area (Å²) in [6.45, 7) is 6.65. The molecule has 1 heterocycles. The van der Waals surface area contributed by atoms with Crippen molar-refractivity contribution in [2.75, 3.05) is 5.75 Å². The lowest BCUT2D eigenvalue weighted by atomic mass is 9.89. The number of hydrogen-bond donors (Lipinski definition) is 0. The first-order chi connectivity index (χ1) is 16.2. The second kappa shape index (κ2) is 10.5. The topological polar surface area (TPSA) is 29.5 Å². The van der Waals surface area contributed by atoms with Gasteiger partial charge in [-0.2, -0.15) is 11.8 Å². The van der Waals surface area contributed by atoms with Crippen LogP contribution in [0.2, 0.25) is 10.0 Å². The predicted octanol–water partition coefficient (Wildman–Crippen LogP) is 7.34. The van der Waals surface area contributed by atoms with Crippen molar-refractivity contribution in [3.05, 3.63) is 69.7 Å². The monoisotopic (exact) mass is 515 g/mol. The zero-order chi connectivity index (χ0) is 24.5. The van der Waals surface area contributed by atoms with Crippen LogP contribution in [0.25, 0.3) is 0 Å². The quantitative estimate of drug-likeness (QED) is 0.361. The Labute approximate surface area is 217 Å². The van der Waals surface area contributed by atoms with Crippen molar-refractivity contribution in [1.29, 1.82) is 0 Å². The zero-order valence-corrected chi connectivity index (χ0v) is 22.2. The van der Waals surface area contributed by atoms with Crippen molar-refractivity contribution in [2.24, 2.45) is 5.92 Å². The van der Waals surface area contributed by atoms with Gasteiger partial charge in [-0.1, -0.05) is 68.2 Å². The van der Waals surface area contributed by atoms with Crippen LogP contribution >= 0.6 is 35.0 Å². The molecule has 34 heavy (non-hydrogen) atoms. The summed E-state index contributed by atoms with van der Waals surface area (Å²) in [6, 6.07) is 15.2. The van der Waals surface area contributed by atoms with E-state index in [4.69, 9.17) is 34.4 Å². The van der Waals surface area contributed by atoms with Crippen LogP contribution in [-0.2, 0) is 9.53 Å². The lowest BCUT2D eigenvalue weighted by Crippen LogP contribution is -2.56. The molecule has 1 saturated carbocycles. The van der Waals surface area contributed by atoms with Gasteiger partial charge in [-0.05, 0) is 54.2 Å². The van der Waals surface area contributed by atoms with E-state index in [1.165, 1.54) is 0 Å². The molecule has 4 rings (SSSR count). The molecule has 3 nitrogen and oxygen atoms in total. The van der Waals surface area contributed by atoms with E-state index in [-0.39, 0.29) is 29.2 Å². The molecule has 2 fully saturated rings. The van der Waals surface area contributed by atoms with E-state index in [0.717, 1.165) is 29.7 Å². The van der Waals surface area contributed by atoms with Crippen LogP contribution in [0.4, 0.5) is 0 Å². The molecule has 0 N–H and O–H groups in total. The number of ether oxygens (including phenoxy) is 1. The molecule has 2 aromatic carbocycles. The van der Waals surface area contributed by atoms with Crippen molar-refractivity contribution in [3.8, 4) is 12.3 Å². The molecule has 180 valence electrons. The Morgan fingerprint density at radius 1 is 1.12 bits per heavy atom. The number of morpholine rings is 1. The van der Waals surface area contributed by atoms with E-state index in [0.29, 0.717) is 16.0 Å². The molecule has 0 radical (unpaired) electrons. The number of carbonyl (C=O) groups is 1. The van der Waals surface area contributed by atoms with Crippen molar-refractivity contribution < 1.29 is 9.53 Å². The van der Waals surface area contributed by atoms with Gasteiger partial charge in [-0.3, -0.25) is 4.79 Å². The van der Waals surface area contributed by atoms with Gasteiger partial charge in [0.25, 0.3) is 5.91 Å². The zero-order valence-electron chi connectivity index (χ0n) is 19.8. The van der Waals surface area contributed by atoms with Crippen LogP contribution in [0.3, 0.4) is 0 Å². The summed E-state index contributed by atoms with van der Waals surface area (Å²) in [6.07, 6.45) is 7.09. The Hall–Kier alpha value is -1.64. The maximum atomic E-state index is 14.0. The van der Waals surface area contributed by atoms with Crippen LogP contribution in [0.15, 0.2) is 48.5 Å². The number of terminal acetylenes is 1. The molecule has 2 aromatic rings.